The van der Waals surface area contributed by atoms with Crippen molar-refractivity contribution in [2.75, 3.05) is 20.3 Å². The second-order valence-electron chi connectivity index (χ2n) is 3.59. The molecule has 1 fully saturated rings. The summed E-state index contributed by atoms with van der Waals surface area (Å²) in [5.41, 5.74) is 0. The molecule has 1 aliphatic heterocycles. The molecule has 5 nitrogen and oxygen atoms in total. The van der Waals surface area contributed by atoms with Gasteiger partial charge in [-0.2, -0.15) is 0 Å². The molecule has 0 aromatic heterocycles. The van der Waals surface area contributed by atoms with E-state index >= 15 is 0 Å². The summed E-state index contributed by atoms with van der Waals surface area (Å²) in [6.45, 7) is 0.179. The topological polar surface area (TPSA) is 68.2 Å². The minimum absolute atomic E-state index is 0.259. The van der Waals surface area contributed by atoms with Crippen LogP contribution >= 0.6 is 0 Å². The fraction of sp³-hybridized carbons (Fsp3) is 0.818. The smallest absolute Gasteiger partial charge is 0.186 e. The van der Waals surface area contributed by atoms with Crippen molar-refractivity contribution in [3.8, 4) is 12.3 Å². The highest BCUT2D eigenvalue weighted by Gasteiger charge is 2.44. The van der Waals surface area contributed by atoms with Gasteiger partial charge in [0, 0.05) is 20.1 Å². The van der Waals surface area contributed by atoms with Gasteiger partial charge in [0.15, 0.2) is 6.29 Å². The molecule has 1 aliphatic rings. The molecule has 1 saturated heterocycles. The van der Waals surface area contributed by atoms with Crippen LogP contribution in [0.2, 0.25) is 0 Å². The summed E-state index contributed by atoms with van der Waals surface area (Å²) in [6.07, 6.45) is 3.73. The molecular formula is C11H18O5. The number of rotatable bonds is 6. The Balaban J connectivity index is 2.40. The average molecular weight is 230 g/mol. The van der Waals surface area contributed by atoms with Gasteiger partial charge < -0.3 is 24.4 Å². The highest BCUT2D eigenvalue weighted by atomic mass is 16.7. The Kier molecular flexibility index (Phi) is 5.74. The summed E-state index contributed by atoms with van der Waals surface area (Å²) in [6, 6.07) is 0. The lowest BCUT2D eigenvalue weighted by Crippen LogP contribution is -2.37. The van der Waals surface area contributed by atoms with Gasteiger partial charge in [0.05, 0.1) is 6.61 Å². The Morgan fingerprint density at radius 3 is 2.81 bits per heavy atom. The molecule has 0 saturated carbocycles. The summed E-state index contributed by atoms with van der Waals surface area (Å²) in [7, 11) is 1.47. The summed E-state index contributed by atoms with van der Waals surface area (Å²) in [4.78, 5) is 0. The maximum atomic E-state index is 9.78. The predicted octanol–water partition coefficient (Wildman–Crippen LogP) is -0.491. The van der Waals surface area contributed by atoms with Gasteiger partial charge in [-0.15, -0.1) is 12.3 Å². The lowest BCUT2D eigenvalue weighted by molar-refractivity contribution is -0.165. The highest BCUT2D eigenvalue weighted by molar-refractivity contribution is 4.88. The van der Waals surface area contributed by atoms with E-state index < -0.39 is 24.6 Å². The van der Waals surface area contributed by atoms with E-state index in [0.29, 0.717) is 13.0 Å². The fourth-order valence-electron chi connectivity index (χ4n) is 1.61. The van der Waals surface area contributed by atoms with Crippen LogP contribution in [0.5, 0.6) is 0 Å². The lowest BCUT2D eigenvalue weighted by Gasteiger charge is -2.19. The first-order valence-corrected chi connectivity index (χ1v) is 5.26. The molecule has 0 aromatic rings. The second kappa shape index (κ2) is 6.84. The van der Waals surface area contributed by atoms with Crippen LogP contribution in [0.1, 0.15) is 12.8 Å². The quantitative estimate of drug-likeness (QED) is 0.476. The van der Waals surface area contributed by atoms with Crippen molar-refractivity contribution in [1.29, 1.82) is 0 Å². The Bertz CT molecular complexity index is 235. The highest BCUT2D eigenvalue weighted by Crippen LogP contribution is 2.24. The van der Waals surface area contributed by atoms with E-state index in [1.165, 1.54) is 7.11 Å². The van der Waals surface area contributed by atoms with E-state index in [1.807, 2.05) is 0 Å². The standard InChI is InChI=1S/C11H18O5/c1-3-4-5-6-15-10-9(13)8(7-12)16-11(10)14-2/h1,8-13H,4-7H2,2H3/t8-,9-,10-,11-/m1/s1. The van der Waals surface area contributed by atoms with E-state index in [2.05, 4.69) is 5.92 Å². The van der Waals surface area contributed by atoms with Crippen LogP contribution in [0.3, 0.4) is 0 Å². The third-order valence-electron chi connectivity index (χ3n) is 2.48. The minimum Gasteiger partial charge on any atom is -0.394 e. The number of aliphatic hydroxyl groups is 2. The molecular weight excluding hydrogens is 212 g/mol. The van der Waals surface area contributed by atoms with Gasteiger partial charge in [0.1, 0.15) is 18.3 Å². The van der Waals surface area contributed by atoms with Crippen molar-refractivity contribution < 1.29 is 24.4 Å². The Morgan fingerprint density at radius 1 is 1.50 bits per heavy atom. The number of hydrogen-bond acceptors (Lipinski definition) is 5. The molecule has 0 spiro atoms. The van der Waals surface area contributed by atoms with Crippen molar-refractivity contribution in [1.82, 2.24) is 0 Å². The van der Waals surface area contributed by atoms with Crippen LogP contribution in [0.15, 0.2) is 0 Å². The second-order valence-corrected chi connectivity index (χ2v) is 3.59. The van der Waals surface area contributed by atoms with Crippen LogP contribution in [0.4, 0.5) is 0 Å². The summed E-state index contributed by atoms with van der Waals surface area (Å²) in [5.74, 6) is 2.50. The molecule has 5 heteroatoms. The van der Waals surface area contributed by atoms with Crippen molar-refractivity contribution >= 4 is 0 Å². The van der Waals surface area contributed by atoms with Gasteiger partial charge in [0.25, 0.3) is 0 Å². The van der Waals surface area contributed by atoms with Crippen LogP contribution in [0.25, 0.3) is 0 Å². The van der Waals surface area contributed by atoms with Gasteiger partial charge in [-0.25, -0.2) is 0 Å². The zero-order valence-electron chi connectivity index (χ0n) is 9.33. The molecule has 16 heavy (non-hydrogen) atoms. The average Bonchev–Trinajstić information content (AvgIpc) is 2.61. The molecule has 0 aliphatic carbocycles. The van der Waals surface area contributed by atoms with Crippen LogP contribution in [-0.4, -0.2) is 55.1 Å². The van der Waals surface area contributed by atoms with Crippen molar-refractivity contribution in [2.45, 2.75) is 37.4 Å². The number of hydrogen-bond donors (Lipinski definition) is 2. The van der Waals surface area contributed by atoms with Crippen molar-refractivity contribution in [2.24, 2.45) is 0 Å². The van der Waals surface area contributed by atoms with Gasteiger partial charge in [-0.1, -0.05) is 0 Å². The maximum Gasteiger partial charge on any atom is 0.186 e. The van der Waals surface area contributed by atoms with Crippen molar-refractivity contribution in [3.05, 3.63) is 0 Å². The summed E-state index contributed by atoms with van der Waals surface area (Å²) < 4.78 is 15.7. The van der Waals surface area contributed by atoms with Gasteiger partial charge in [-0.05, 0) is 6.42 Å². The first-order valence-electron chi connectivity index (χ1n) is 5.26. The van der Waals surface area contributed by atoms with Crippen LogP contribution in [0, 0.1) is 12.3 Å². The first-order chi connectivity index (χ1) is 7.74. The van der Waals surface area contributed by atoms with E-state index in [1.54, 1.807) is 0 Å². The lowest BCUT2D eigenvalue weighted by atomic mass is 10.1. The Morgan fingerprint density at radius 2 is 2.25 bits per heavy atom. The van der Waals surface area contributed by atoms with E-state index in [-0.39, 0.29) is 6.61 Å². The molecule has 0 aromatic carbocycles. The number of methoxy groups -OCH3 is 1. The van der Waals surface area contributed by atoms with Gasteiger partial charge in [0.2, 0.25) is 0 Å². The zero-order valence-corrected chi connectivity index (χ0v) is 9.33. The molecule has 1 heterocycles. The summed E-state index contributed by atoms with van der Waals surface area (Å²) in [5, 5.41) is 18.7. The molecule has 0 unspecified atom stereocenters. The molecule has 1 rings (SSSR count). The first kappa shape index (κ1) is 13.4. The number of aliphatic hydroxyl groups excluding tert-OH is 2. The van der Waals surface area contributed by atoms with Gasteiger partial charge >= 0.3 is 0 Å². The Labute approximate surface area is 95.3 Å². The van der Waals surface area contributed by atoms with E-state index in [9.17, 15) is 5.11 Å². The zero-order chi connectivity index (χ0) is 12.0. The van der Waals surface area contributed by atoms with Crippen molar-refractivity contribution in [3.63, 3.8) is 0 Å². The monoisotopic (exact) mass is 230 g/mol. The fourth-order valence-corrected chi connectivity index (χ4v) is 1.61. The van der Waals surface area contributed by atoms with Gasteiger partial charge in [-0.3, -0.25) is 0 Å². The molecule has 0 radical (unpaired) electrons. The van der Waals surface area contributed by atoms with Crippen LogP contribution < -0.4 is 0 Å². The third kappa shape index (κ3) is 3.17. The largest absolute Gasteiger partial charge is 0.394 e. The number of terminal acetylenes is 1. The Hall–Kier alpha value is -0.640. The number of unbranched alkanes of at least 4 members (excludes halogenated alkanes) is 1. The van der Waals surface area contributed by atoms with E-state index in [0.717, 1.165) is 6.42 Å². The molecule has 4 atom stereocenters. The number of ether oxygens (including phenoxy) is 3. The molecule has 0 bridgehead atoms. The van der Waals surface area contributed by atoms with Crippen LogP contribution in [-0.2, 0) is 14.2 Å². The molecule has 2 N–H and O–H groups in total. The molecule has 0 amide bonds. The summed E-state index contributed by atoms with van der Waals surface area (Å²) >= 11 is 0. The normalized spacial score (nSPS) is 33.9. The third-order valence-corrected chi connectivity index (χ3v) is 2.48. The minimum atomic E-state index is -0.874. The van der Waals surface area contributed by atoms with E-state index in [4.69, 9.17) is 25.7 Å². The maximum absolute atomic E-state index is 9.78. The SMILES string of the molecule is C#CCCCO[C@H]1[C@H](OC)O[C@H](CO)[C@H]1O. The molecule has 92 valence electrons. The predicted molar refractivity (Wildman–Crippen MR) is 56.6 cm³/mol.